The van der Waals surface area contributed by atoms with Gasteiger partial charge in [-0.15, -0.1) is 5.10 Å². The number of halogens is 1. The molecule has 128 valence electrons. The number of benzene rings is 1. The highest BCUT2D eigenvalue weighted by molar-refractivity contribution is 6.30. The molecule has 2 heterocycles. The predicted molar refractivity (Wildman–Crippen MR) is 90.8 cm³/mol. The first-order chi connectivity index (χ1) is 11.5. The van der Waals surface area contributed by atoms with Gasteiger partial charge in [0.15, 0.2) is 0 Å². The van der Waals surface area contributed by atoms with Crippen LogP contribution in [0.1, 0.15) is 5.56 Å². The fraction of sp³-hybridized carbons (Fsp3) is 0.400. The van der Waals surface area contributed by atoms with E-state index in [0.29, 0.717) is 37.1 Å². The van der Waals surface area contributed by atoms with Gasteiger partial charge in [0.2, 0.25) is 11.9 Å². The normalized spacial score (nSPS) is 16.2. The fourth-order valence-electron chi connectivity index (χ4n) is 2.69. The molecule has 8 nitrogen and oxygen atoms in total. The largest absolute Gasteiger partial charge is 0.383 e. The third kappa shape index (κ3) is 3.77. The van der Waals surface area contributed by atoms with Crippen LogP contribution in [0, 0.1) is 0 Å². The predicted octanol–water partition coefficient (Wildman–Crippen LogP) is 0.292. The van der Waals surface area contributed by atoms with Crippen LogP contribution in [0.4, 0.5) is 11.9 Å². The molecule has 1 atom stereocenters. The Bertz CT molecular complexity index is 696. The van der Waals surface area contributed by atoms with Gasteiger partial charge in [-0.3, -0.25) is 4.79 Å². The molecule has 1 amide bonds. The van der Waals surface area contributed by atoms with Crippen molar-refractivity contribution >= 4 is 29.4 Å². The average molecular weight is 351 g/mol. The number of anilines is 2. The van der Waals surface area contributed by atoms with Crippen LogP contribution >= 0.6 is 11.6 Å². The first-order valence-corrected chi connectivity index (χ1v) is 8.05. The zero-order valence-electron chi connectivity index (χ0n) is 13.0. The molecule has 1 aromatic heterocycles. The van der Waals surface area contributed by atoms with Gasteiger partial charge in [-0.1, -0.05) is 23.7 Å². The quantitative estimate of drug-likeness (QED) is 0.731. The van der Waals surface area contributed by atoms with Crippen LogP contribution in [0.15, 0.2) is 24.3 Å². The standard InChI is InChI=1S/C15H19ClN6O2/c16-11-3-1-10(2-4-11)9-12(23)13(24)21-5-7-22(8-6-21)15-18-14(17)19-20-15/h1-4,12,23H,5-9H2,(H3,17,18,19,20)/t12-/m1/s1. The molecule has 0 aliphatic carbocycles. The Morgan fingerprint density at radius 3 is 2.54 bits per heavy atom. The molecule has 1 aliphatic rings. The van der Waals surface area contributed by atoms with E-state index in [4.69, 9.17) is 17.3 Å². The number of nitrogens with one attached hydrogen (secondary N) is 1. The molecule has 0 unspecified atom stereocenters. The number of nitrogens with two attached hydrogens (primary N) is 1. The van der Waals surface area contributed by atoms with Crippen molar-refractivity contribution in [2.75, 3.05) is 36.8 Å². The summed E-state index contributed by atoms with van der Waals surface area (Å²) in [6, 6.07) is 7.11. The maximum absolute atomic E-state index is 12.4. The number of amides is 1. The first kappa shape index (κ1) is 16.5. The van der Waals surface area contributed by atoms with E-state index in [2.05, 4.69) is 15.2 Å². The van der Waals surface area contributed by atoms with Crippen molar-refractivity contribution in [3.8, 4) is 0 Å². The fourth-order valence-corrected chi connectivity index (χ4v) is 2.81. The van der Waals surface area contributed by atoms with Gasteiger partial charge < -0.3 is 20.6 Å². The lowest BCUT2D eigenvalue weighted by Gasteiger charge is -2.35. The Hall–Kier alpha value is -2.32. The number of aliphatic hydroxyl groups excluding tert-OH is 1. The number of aromatic amines is 1. The highest BCUT2D eigenvalue weighted by atomic mass is 35.5. The van der Waals surface area contributed by atoms with Crippen LogP contribution in [0.5, 0.6) is 0 Å². The van der Waals surface area contributed by atoms with Gasteiger partial charge in [-0.2, -0.15) is 4.98 Å². The van der Waals surface area contributed by atoms with Crippen molar-refractivity contribution in [1.29, 1.82) is 0 Å². The number of nitrogen functional groups attached to an aromatic ring is 1. The van der Waals surface area contributed by atoms with Gasteiger partial charge in [-0.25, -0.2) is 5.10 Å². The van der Waals surface area contributed by atoms with Crippen molar-refractivity contribution < 1.29 is 9.90 Å². The zero-order chi connectivity index (χ0) is 17.1. The molecule has 0 radical (unpaired) electrons. The second-order valence-electron chi connectivity index (χ2n) is 5.68. The summed E-state index contributed by atoms with van der Waals surface area (Å²) >= 11 is 5.84. The van der Waals surface area contributed by atoms with Gasteiger partial charge >= 0.3 is 0 Å². The topological polar surface area (TPSA) is 111 Å². The summed E-state index contributed by atoms with van der Waals surface area (Å²) < 4.78 is 0. The lowest BCUT2D eigenvalue weighted by molar-refractivity contribution is -0.140. The second-order valence-corrected chi connectivity index (χ2v) is 6.11. The molecule has 9 heteroatoms. The third-order valence-corrected chi connectivity index (χ3v) is 4.26. The maximum Gasteiger partial charge on any atom is 0.251 e. The number of aromatic nitrogens is 3. The van der Waals surface area contributed by atoms with E-state index >= 15 is 0 Å². The number of hydrogen-bond acceptors (Lipinski definition) is 6. The number of aliphatic hydroxyl groups is 1. The molecule has 1 saturated heterocycles. The lowest BCUT2D eigenvalue weighted by atomic mass is 10.1. The van der Waals surface area contributed by atoms with Crippen molar-refractivity contribution in [2.24, 2.45) is 0 Å². The van der Waals surface area contributed by atoms with Gasteiger partial charge in [0, 0.05) is 37.6 Å². The summed E-state index contributed by atoms with van der Waals surface area (Å²) in [5.74, 6) is 0.532. The average Bonchev–Trinajstić information content (AvgIpc) is 3.03. The number of rotatable bonds is 4. The maximum atomic E-state index is 12.4. The van der Waals surface area contributed by atoms with Crippen LogP contribution in [0.25, 0.3) is 0 Å². The number of H-pyrrole nitrogens is 1. The minimum Gasteiger partial charge on any atom is -0.383 e. The van der Waals surface area contributed by atoms with Gasteiger partial charge in [-0.05, 0) is 17.7 Å². The Labute approximate surface area is 144 Å². The molecular formula is C15H19ClN6O2. The van der Waals surface area contributed by atoms with Gasteiger partial charge in [0.25, 0.3) is 5.91 Å². The second kappa shape index (κ2) is 7.06. The summed E-state index contributed by atoms with van der Waals surface area (Å²) in [5, 5.41) is 17.4. The smallest absolute Gasteiger partial charge is 0.251 e. The molecular weight excluding hydrogens is 332 g/mol. The van der Waals surface area contributed by atoms with Crippen LogP contribution in [-0.2, 0) is 11.2 Å². The SMILES string of the molecule is Nc1n[nH]c(N2CCN(C(=O)[C@H](O)Cc3ccc(Cl)cc3)CC2)n1. The van der Waals surface area contributed by atoms with E-state index in [0.717, 1.165) is 5.56 Å². The van der Waals surface area contributed by atoms with Crippen LogP contribution in [0.2, 0.25) is 5.02 Å². The summed E-state index contributed by atoms with van der Waals surface area (Å²) in [6.07, 6.45) is -0.784. The molecule has 0 saturated carbocycles. The molecule has 1 aliphatic heterocycles. The molecule has 1 aromatic carbocycles. The number of hydrogen-bond donors (Lipinski definition) is 3. The molecule has 1 fully saturated rings. The highest BCUT2D eigenvalue weighted by Gasteiger charge is 2.27. The number of nitrogens with zero attached hydrogens (tertiary/aromatic N) is 4. The summed E-state index contributed by atoms with van der Waals surface area (Å²) in [6.45, 7) is 2.23. The number of carbonyl (C=O) groups excluding carboxylic acids is 1. The third-order valence-electron chi connectivity index (χ3n) is 4.01. The van der Waals surface area contributed by atoms with E-state index in [1.807, 2.05) is 17.0 Å². The summed E-state index contributed by atoms with van der Waals surface area (Å²) in [4.78, 5) is 20.1. The van der Waals surface area contributed by atoms with E-state index < -0.39 is 6.10 Å². The number of carbonyl (C=O) groups is 1. The van der Waals surface area contributed by atoms with Crippen molar-refractivity contribution in [3.63, 3.8) is 0 Å². The molecule has 0 bridgehead atoms. The number of piperazine rings is 1. The summed E-state index contributed by atoms with van der Waals surface area (Å²) in [5.41, 5.74) is 6.37. The summed E-state index contributed by atoms with van der Waals surface area (Å²) in [7, 11) is 0. The molecule has 0 spiro atoms. The van der Waals surface area contributed by atoms with Crippen LogP contribution in [0.3, 0.4) is 0 Å². The van der Waals surface area contributed by atoms with Crippen molar-refractivity contribution in [3.05, 3.63) is 34.9 Å². The zero-order valence-corrected chi connectivity index (χ0v) is 13.8. The van der Waals surface area contributed by atoms with Crippen LogP contribution < -0.4 is 10.6 Å². The van der Waals surface area contributed by atoms with E-state index in [1.54, 1.807) is 17.0 Å². The van der Waals surface area contributed by atoms with Gasteiger partial charge in [0.1, 0.15) is 6.10 Å². The Morgan fingerprint density at radius 1 is 1.29 bits per heavy atom. The van der Waals surface area contributed by atoms with E-state index in [9.17, 15) is 9.90 Å². The molecule has 2 aromatic rings. The molecule has 4 N–H and O–H groups in total. The molecule has 24 heavy (non-hydrogen) atoms. The Balaban J connectivity index is 1.53. The first-order valence-electron chi connectivity index (χ1n) is 7.67. The van der Waals surface area contributed by atoms with Gasteiger partial charge in [0.05, 0.1) is 0 Å². The van der Waals surface area contributed by atoms with E-state index in [1.165, 1.54) is 0 Å². The Morgan fingerprint density at radius 2 is 1.96 bits per heavy atom. The monoisotopic (exact) mass is 350 g/mol. The van der Waals surface area contributed by atoms with Crippen molar-refractivity contribution in [1.82, 2.24) is 20.1 Å². The van der Waals surface area contributed by atoms with E-state index in [-0.39, 0.29) is 18.3 Å². The minimum absolute atomic E-state index is 0.196. The lowest BCUT2D eigenvalue weighted by Crippen LogP contribution is -2.52. The molecule has 3 rings (SSSR count). The van der Waals surface area contributed by atoms with Crippen LogP contribution in [-0.4, -0.2) is 63.4 Å². The Kier molecular flexibility index (Phi) is 4.86. The highest BCUT2D eigenvalue weighted by Crippen LogP contribution is 2.14. The minimum atomic E-state index is -1.06. The van der Waals surface area contributed by atoms with Crippen molar-refractivity contribution in [2.45, 2.75) is 12.5 Å².